The molecule has 0 radical (unpaired) electrons. The number of rotatable bonds is 4. The highest BCUT2D eigenvalue weighted by Crippen LogP contribution is 1.84. The second kappa shape index (κ2) is 5.29. The van der Waals surface area contributed by atoms with E-state index in [9.17, 15) is 0 Å². The molecule has 8 heavy (non-hydrogen) atoms. The molecule has 0 heterocycles. The quantitative estimate of drug-likeness (QED) is 0.341. The maximum atomic E-state index is 3.33. The summed E-state index contributed by atoms with van der Waals surface area (Å²) in [5.41, 5.74) is 0. The maximum Gasteiger partial charge on any atom is 0.153 e. The van der Waals surface area contributed by atoms with E-state index in [-0.39, 0.29) is 0 Å². The first-order valence-electron chi connectivity index (χ1n) is 3.48. The van der Waals surface area contributed by atoms with Gasteiger partial charge in [0.05, 0.1) is 14.8 Å². The predicted octanol–water partition coefficient (Wildman–Crippen LogP) is -1.52. The Balaban J connectivity index is 2.72. The lowest BCUT2D eigenvalue weighted by molar-refractivity contribution is 0.635. The van der Waals surface area contributed by atoms with E-state index in [0.717, 1.165) is 19.8 Å². The van der Waals surface area contributed by atoms with Crippen LogP contribution in [0, 0.1) is 5.92 Å². The Morgan fingerprint density at radius 3 is 2.62 bits per heavy atom. The molecule has 4 heteroatoms. The highest BCUT2D eigenvalue weighted by molar-refractivity contribution is 7.23. The molecule has 0 rings (SSSR count). The largest absolute Gasteiger partial charge is 0.366 e. The fourth-order valence-electron chi connectivity index (χ4n) is 0.568. The lowest BCUT2D eigenvalue weighted by atomic mass is 9.33. The van der Waals surface area contributed by atoms with Crippen molar-refractivity contribution >= 4 is 22.1 Å². The molecule has 0 saturated heterocycles. The van der Waals surface area contributed by atoms with Crippen LogP contribution in [0.2, 0.25) is 0 Å². The van der Waals surface area contributed by atoms with E-state index in [2.05, 4.69) is 26.8 Å². The van der Waals surface area contributed by atoms with Crippen LogP contribution < -0.4 is 5.23 Å². The summed E-state index contributed by atoms with van der Waals surface area (Å²) in [6.45, 7) is 5.61. The van der Waals surface area contributed by atoms with Crippen LogP contribution in [-0.2, 0) is 0 Å². The van der Waals surface area contributed by atoms with Crippen molar-refractivity contribution in [1.82, 2.24) is 5.23 Å². The molecule has 1 N–H and O–H groups in total. The summed E-state index contributed by atoms with van der Waals surface area (Å²) >= 11 is 0. The van der Waals surface area contributed by atoms with Crippen molar-refractivity contribution in [3.8, 4) is 0 Å². The summed E-state index contributed by atoms with van der Waals surface area (Å²) in [5, 5.41) is 3.33. The summed E-state index contributed by atoms with van der Waals surface area (Å²) in [4.78, 5) is 0. The molecule has 0 aliphatic carbocycles. The maximum absolute atomic E-state index is 3.33. The van der Waals surface area contributed by atoms with E-state index in [4.69, 9.17) is 0 Å². The standard InChI is InChI=1S/C4H14B3N/c1-4(2)3-8-7-6-5/h4,6-8H,3,5H2,1-2H3. The van der Waals surface area contributed by atoms with Crippen LogP contribution in [0.4, 0.5) is 0 Å². The zero-order chi connectivity index (χ0) is 6.41. The zero-order valence-corrected chi connectivity index (χ0v) is 6.20. The second-order valence-corrected chi connectivity index (χ2v) is 2.60. The van der Waals surface area contributed by atoms with Crippen LogP contribution in [0.25, 0.3) is 0 Å². The third kappa shape index (κ3) is 6.15. The fourth-order valence-corrected chi connectivity index (χ4v) is 0.568. The van der Waals surface area contributed by atoms with Crippen molar-refractivity contribution in [1.29, 1.82) is 0 Å². The van der Waals surface area contributed by atoms with Gasteiger partial charge in [0.2, 0.25) is 0 Å². The monoisotopic (exact) mass is 109 g/mol. The van der Waals surface area contributed by atoms with Crippen LogP contribution in [0.5, 0.6) is 0 Å². The van der Waals surface area contributed by atoms with Gasteiger partial charge in [-0.05, 0) is 12.5 Å². The van der Waals surface area contributed by atoms with Crippen LogP contribution >= 0.6 is 0 Å². The van der Waals surface area contributed by atoms with Crippen molar-refractivity contribution in [3.63, 3.8) is 0 Å². The third-order valence-electron chi connectivity index (χ3n) is 0.979. The first-order valence-corrected chi connectivity index (χ1v) is 3.48. The molecule has 0 aromatic carbocycles. The summed E-state index contributed by atoms with van der Waals surface area (Å²) in [7, 11) is 4.60. The molecule has 44 valence electrons. The van der Waals surface area contributed by atoms with E-state index in [1.807, 2.05) is 0 Å². The highest BCUT2D eigenvalue weighted by Gasteiger charge is 1.90. The number of hydrogen-bond donors (Lipinski definition) is 1. The van der Waals surface area contributed by atoms with Crippen LogP contribution in [0.15, 0.2) is 0 Å². The Labute approximate surface area is 54.5 Å². The van der Waals surface area contributed by atoms with Gasteiger partial charge in [-0.3, -0.25) is 0 Å². The van der Waals surface area contributed by atoms with E-state index < -0.39 is 0 Å². The highest BCUT2D eigenvalue weighted by atomic mass is 14.7. The Bertz CT molecular complexity index is 48.5. The molecule has 0 aromatic heterocycles. The van der Waals surface area contributed by atoms with E-state index >= 15 is 0 Å². The van der Waals surface area contributed by atoms with Crippen LogP contribution in [-0.4, -0.2) is 28.6 Å². The first-order chi connectivity index (χ1) is 3.77. The summed E-state index contributed by atoms with van der Waals surface area (Å²) < 4.78 is 0. The van der Waals surface area contributed by atoms with Gasteiger partial charge in [-0.15, -0.1) is 0 Å². The van der Waals surface area contributed by atoms with Gasteiger partial charge in [-0.2, -0.15) is 0 Å². The fraction of sp³-hybridized carbons (Fsp3) is 1.00. The van der Waals surface area contributed by atoms with Gasteiger partial charge in [0, 0.05) is 0 Å². The lowest BCUT2D eigenvalue weighted by Crippen LogP contribution is -2.28. The summed E-state index contributed by atoms with van der Waals surface area (Å²) in [6, 6.07) is 0. The molecular weight excluding hydrogens is 94.5 g/mol. The molecule has 0 aliphatic rings. The molecular formula is C4H14B3N. The van der Waals surface area contributed by atoms with E-state index in [0.29, 0.717) is 0 Å². The van der Waals surface area contributed by atoms with E-state index in [1.54, 1.807) is 0 Å². The normalized spacial score (nSPS) is 9.38. The molecule has 0 unspecified atom stereocenters. The topological polar surface area (TPSA) is 12.0 Å². The molecule has 0 spiro atoms. The van der Waals surface area contributed by atoms with Gasteiger partial charge in [0.1, 0.15) is 0 Å². The van der Waals surface area contributed by atoms with Gasteiger partial charge in [0.25, 0.3) is 0 Å². The Morgan fingerprint density at radius 2 is 2.25 bits per heavy atom. The minimum absolute atomic E-state index is 0.793. The Morgan fingerprint density at radius 1 is 1.62 bits per heavy atom. The zero-order valence-electron chi connectivity index (χ0n) is 6.20. The van der Waals surface area contributed by atoms with Gasteiger partial charge in [0.15, 0.2) is 7.31 Å². The molecule has 0 saturated carbocycles. The first kappa shape index (κ1) is 8.15. The molecule has 0 aliphatic heterocycles. The minimum atomic E-state index is 0.793. The SMILES string of the molecule is BBBNCC(C)C. The van der Waals surface area contributed by atoms with Gasteiger partial charge >= 0.3 is 0 Å². The molecule has 0 amide bonds. The average Bonchev–Trinajstić information content (AvgIpc) is 1.66. The summed E-state index contributed by atoms with van der Waals surface area (Å²) in [5.74, 6) is 0.793. The Kier molecular flexibility index (Phi) is 5.40. The van der Waals surface area contributed by atoms with Crippen molar-refractivity contribution < 1.29 is 0 Å². The van der Waals surface area contributed by atoms with Crippen molar-refractivity contribution in [3.05, 3.63) is 0 Å². The van der Waals surface area contributed by atoms with E-state index in [1.165, 1.54) is 7.06 Å². The summed E-state index contributed by atoms with van der Waals surface area (Å²) in [6.07, 6.45) is 0. The molecule has 0 aromatic rings. The smallest absolute Gasteiger partial charge is 0.153 e. The predicted molar refractivity (Wildman–Crippen MR) is 45.7 cm³/mol. The van der Waals surface area contributed by atoms with Gasteiger partial charge in [-0.25, -0.2) is 0 Å². The molecule has 0 atom stereocenters. The Hall–Kier alpha value is 0.155. The molecule has 0 bridgehead atoms. The number of hydrogen-bond acceptors (Lipinski definition) is 1. The minimum Gasteiger partial charge on any atom is -0.366 e. The molecule has 0 fully saturated rings. The molecule has 1 nitrogen and oxygen atoms in total. The lowest BCUT2D eigenvalue weighted by Gasteiger charge is -2.02. The second-order valence-electron chi connectivity index (χ2n) is 2.60. The number of nitrogens with one attached hydrogen (secondary N) is 1. The van der Waals surface area contributed by atoms with Gasteiger partial charge < -0.3 is 5.23 Å². The average molecular weight is 109 g/mol. The van der Waals surface area contributed by atoms with Crippen molar-refractivity contribution in [2.75, 3.05) is 6.54 Å². The van der Waals surface area contributed by atoms with Crippen LogP contribution in [0.1, 0.15) is 13.8 Å². The van der Waals surface area contributed by atoms with Crippen molar-refractivity contribution in [2.24, 2.45) is 5.92 Å². The third-order valence-corrected chi connectivity index (χ3v) is 0.979. The van der Waals surface area contributed by atoms with Crippen LogP contribution in [0.3, 0.4) is 0 Å². The van der Waals surface area contributed by atoms with Crippen molar-refractivity contribution in [2.45, 2.75) is 13.8 Å². The van der Waals surface area contributed by atoms with Gasteiger partial charge in [-0.1, -0.05) is 13.8 Å².